The van der Waals surface area contributed by atoms with Crippen LogP contribution in [0, 0.1) is 5.92 Å². The van der Waals surface area contributed by atoms with E-state index in [0.29, 0.717) is 5.92 Å². The molecule has 7 nitrogen and oxygen atoms in total. The van der Waals surface area contributed by atoms with Crippen molar-refractivity contribution in [2.24, 2.45) is 5.92 Å². The third-order valence-corrected chi connectivity index (χ3v) is 5.13. The van der Waals surface area contributed by atoms with Crippen LogP contribution in [0.15, 0.2) is 36.2 Å². The number of anilines is 2. The highest BCUT2D eigenvalue weighted by atomic mass is 32.1. The van der Waals surface area contributed by atoms with Crippen molar-refractivity contribution in [1.82, 2.24) is 30.0 Å². The van der Waals surface area contributed by atoms with Crippen LogP contribution >= 0.6 is 11.3 Å². The van der Waals surface area contributed by atoms with Crippen LogP contribution in [0.4, 0.5) is 10.9 Å². The molecule has 0 bridgehead atoms. The van der Waals surface area contributed by atoms with E-state index in [2.05, 4.69) is 35.4 Å². The lowest BCUT2D eigenvalue weighted by Gasteiger charge is -2.32. The number of aromatic amines is 1. The predicted octanol–water partition coefficient (Wildman–Crippen LogP) is 2.85. The molecule has 4 rings (SSSR count). The van der Waals surface area contributed by atoms with Crippen LogP contribution in [0.25, 0.3) is 0 Å². The van der Waals surface area contributed by atoms with E-state index in [1.165, 1.54) is 18.5 Å². The van der Waals surface area contributed by atoms with Crippen molar-refractivity contribution in [3.63, 3.8) is 0 Å². The molecule has 3 aromatic rings. The molecule has 4 heterocycles. The molecule has 25 heavy (non-hydrogen) atoms. The summed E-state index contributed by atoms with van der Waals surface area (Å²) in [5.41, 5.74) is 2.26. The van der Waals surface area contributed by atoms with Gasteiger partial charge in [0.25, 0.3) is 0 Å². The second kappa shape index (κ2) is 7.71. The Morgan fingerprint density at radius 3 is 3.12 bits per heavy atom. The monoisotopic (exact) mass is 355 g/mol. The Kier molecular flexibility index (Phi) is 4.98. The van der Waals surface area contributed by atoms with Gasteiger partial charge in [-0.2, -0.15) is 5.10 Å². The number of nitrogens with one attached hydrogen (secondary N) is 2. The smallest absolute Gasteiger partial charge is 0.188 e. The third kappa shape index (κ3) is 4.40. The minimum atomic E-state index is 0.624. The zero-order valence-corrected chi connectivity index (χ0v) is 14.7. The zero-order valence-electron chi connectivity index (χ0n) is 13.9. The van der Waals surface area contributed by atoms with Gasteiger partial charge >= 0.3 is 0 Å². The van der Waals surface area contributed by atoms with E-state index in [1.54, 1.807) is 23.9 Å². The van der Waals surface area contributed by atoms with E-state index >= 15 is 0 Å². The summed E-state index contributed by atoms with van der Waals surface area (Å²) in [7, 11) is 0. The maximum absolute atomic E-state index is 4.46. The fourth-order valence-corrected chi connectivity index (χ4v) is 3.88. The number of likely N-dealkylation sites (tertiary alicyclic amines) is 1. The summed E-state index contributed by atoms with van der Waals surface area (Å²) >= 11 is 1.56. The molecule has 1 atom stereocenters. The van der Waals surface area contributed by atoms with Gasteiger partial charge in [0.05, 0.1) is 0 Å². The van der Waals surface area contributed by atoms with Gasteiger partial charge in [-0.1, -0.05) is 0 Å². The molecule has 2 N–H and O–H groups in total. The van der Waals surface area contributed by atoms with Crippen LogP contribution in [-0.2, 0) is 13.0 Å². The summed E-state index contributed by atoms with van der Waals surface area (Å²) in [4.78, 5) is 15.5. The van der Waals surface area contributed by atoms with E-state index in [1.807, 2.05) is 23.7 Å². The molecule has 0 unspecified atom stereocenters. The Morgan fingerprint density at radius 1 is 1.28 bits per heavy atom. The Balaban J connectivity index is 1.36. The van der Waals surface area contributed by atoms with Gasteiger partial charge in [0.1, 0.15) is 12.1 Å². The first kappa shape index (κ1) is 16.2. The second-order valence-electron chi connectivity index (χ2n) is 6.39. The minimum absolute atomic E-state index is 0.624. The topological polar surface area (TPSA) is 82.6 Å². The third-order valence-electron chi connectivity index (χ3n) is 4.44. The first-order chi connectivity index (χ1) is 12.3. The Labute approximate surface area is 150 Å². The lowest BCUT2D eigenvalue weighted by molar-refractivity contribution is 0.164. The average Bonchev–Trinajstić information content (AvgIpc) is 3.30. The Morgan fingerprint density at radius 2 is 2.28 bits per heavy atom. The van der Waals surface area contributed by atoms with Gasteiger partial charge in [-0.25, -0.2) is 15.0 Å². The summed E-state index contributed by atoms with van der Waals surface area (Å²) in [5.74, 6) is 1.43. The minimum Gasteiger partial charge on any atom is -0.316 e. The zero-order chi connectivity index (χ0) is 16.9. The quantitative estimate of drug-likeness (QED) is 0.707. The molecule has 0 radical (unpaired) electrons. The molecule has 0 spiro atoms. The highest BCUT2D eigenvalue weighted by Crippen LogP contribution is 2.23. The summed E-state index contributed by atoms with van der Waals surface area (Å²) in [5, 5.41) is 13.1. The molecule has 130 valence electrons. The van der Waals surface area contributed by atoms with Crippen LogP contribution in [0.2, 0.25) is 0 Å². The lowest BCUT2D eigenvalue weighted by atomic mass is 9.93. The number of piperidine rings is 1. The van der Waals surface area contributed by atoms with Crippen LogP contribution in [0.5, 0.6) is 0 Å². The molecule has 0 aliphatic carbocycles. The molecule has 1 fully saturated rings. The highest BCUT2D eigenvalue weighted by molar-refractivity contribution is 7.13. The number of thiazole rings is 1. The molecule has 3 aromatic heterocycles. The van der Waals surface area contributed by atoms with E-state index in [-0.39, 0.29) is 0 Å². The normalized spacial score (nSPS) is 18.3. The van der Waals surface area contributed by atoms with Crippen molar-refractivity contribution < 1.29 is 0 Å². The van der Waals surface area contributed by atoms with Crippen molar-refractivity contribution in [2.75, 3.05) is 18.4 Å². The summed E-state index contributed by atoms with van der Waals surface area (Å²) < 4.78 is 0. The Bertz CT molecular complexity index is 772. The summed E-state index contributed by atoms with van der Waals surface area (Å²) in [6.45, 7) is 3.19. The Hall–Kier alpha value is -2.32. The van der Waals surface area contributed by atoms with Crippen LogP contribution in [0.1, 0.15) is 24.2 Å². The van der Waals surface area contributed by atoms with E-state index in [4.69, 9.17) is 0 Å². The molecule has 0 saturated carbocycles. The SMILES string of the molecule is c1cc(CN2CCC[C@H](Cc3cc(Nc4nccs4)ncn3)C2)[nH]n1. The van der Waals surface area contributed by atoms with Gasteiger partial charge in [-0.3, -0.25) is 10.00 Å². The molecule has 0 aromatic carbocycles. The van der Waals surface area contributed by atoms with E-state index in [0.717, 1.165) is 42.7 Å². The van der Waals surface area contributed by atoms with Gasteiger partial charge < -0.3 is 5.32 Å². The van der Waals surface area contributed by atoms with Gasteiger partial charge in [0.2, 0.25) is 0 Å². The fourth-order valence-electron chi connectivity index (χ4n) is 3.34. The molecule has 8 heteroatoms. The molecule has 0 amide bonds. The predicted molar refractivity (Wildman–Crippen MR) is 97.7 cm³/mol. The number of hydrogen-bond acceptors (Lipinski definition) is 7. The number of nitrogens with zero attached hydrogens (tertiary/aromatic N) is 5. The largest absolute Gasteiger partial charge is 0.316 e. The van der Waals surface area contributed by atoms with Gasteiger partial charge in [-0.05, 0) is 37.8 Å². The fraction of sp³-hybridized carbons (Fsp3) is 0.412. The van der Waals surface area contributed by atoms with Gasteiger partial charge in [0, 0.05) is 48.3 Å². The second-order valence-corrected chi connectivity index (χ2v) is 7.28. The maximum Gasteiger partial charge on any atom is 0.188 e. The summed E-state index contributed by atoms with van der Waals surface area (Å²) in [6, 6.07) is 4.08. The molecule has 1 aliphatic rings. The number of rotatable bonds is 6. The maximum atomic E-state index is 4.46. The molecular formula is C17H21N7S. The van der Waals surface area contributed by atoms with Crippen molar-refractivity contribution in [1.29, 1.82) is 0 Å². The number of H-pyrrole nitrogens is 1. The average molecular weight is 355 g/mol. The molecule has 1 aliphatic heterocycles. The van der Waals surface area contributed by atoms with Gasteiger partial charge in [-0.15, -0.1) is 11.3 Å². The van der Waals surface area contributed by atoms with Crippen molar-refractivity contribution in [3.05, 3.63) is 47.6 Å². The van der Waals surface area contributed by atoms with Crippen LogP contribution in [0.3, 0.4) is 0 Å². The van der Waals surface area contributed by atoms with Crippen LogP contribution in [-0.4, -0.2) is 43.1 Å². The molecule has 1 saturated heterocycles. The first-order valence-electron chi connectivity index (χ1n) is 8.53. The number of aromatic nitrogens is 5. The number of hydrogen-bond donors (Lipinski definition) is 2. The van der Waals surface area contributed by atoms with Crippen molar-refractivity contribution in [2.45, 2.75) is 25.8 Å². The first-order valence-corrected chi connectivity index (χ1v) is 9.41. The van der Waals surface area contributed by atoms with Gasteiger partial charge in [0.15, 0.2) is 5.13 Å². The van der Waals surface area contributed by atoms with Crippen molar-refractivity contribution in [3.8, 4) is 0 Å². The lowest BCUT2D eigenvalue weighted by Crippen LogP contribution is -2.35. The van der Waals surface area contributed by atoms with Crippen LogP contribution < -0.4 is 5.32 Å². The standard InChI is InChI=1S/C17H21N7S/c1-2-13(10-24(6-1)11-14-3-4-21-23-14)8-15-9-16(20-12-19-15)22-17-18-5-7-25-17/h3-5,7,9,12-13H,1-2,6,8,10-11H2,(H,21,23)(H,18,19,20,22)/t13-/m1/s1. The highest BCUT2D eigenvalue weighted by Gasteiger charge is 2.21. The van der Waals surface area contributed by atoms with E-state index < -0.39 is 0 Å². The van der Waals surface area contributed by atoms with Crippen molar-refractivity contribution >= 4 is 22.3 Å². The summed E-state index contributed by atoms with van der Waals surface area (Å²) in [6.07, 6.45) is 8.69. The van der Waals surface area contributed by atoms with E-state index in [9.17, 15) is 0 Å². The molecular weight excluding hydrogens is 334 g/mol.